The van der Waals surface area contributed by atoms with Crippen molar-refractivity contribution in [3.05, 3.63) is 23.0 Å². The lowest BCUT2D eigenvalue weighted by Crippen LogP contribution is -2.12. The highest BCUT2D eigenvalue weighted by atomic mass is 19.3. The van der Waals surface area contributed by atoms with Crippen molar-refractivity contribution in [3.8, 4) is 11.8 Å². The van der Waals surface area contributed by atoms with Crippen LogP contribution in [-0.2, 0) is 16.0 Å². The first-order valence-corrected chi connectivity index (χ1v) is 5.06. The summed E-state index contributed by atoms with van der Waals surface area (Å²) in [7, 11) is 0. The highest BCUT2D eigenvalue weighted by Crippen LogP contribution is 2.27. The molecule has 1 N–H and O–H groups in total. The van der Waals surface area contributed by atoms with Crippen molar-refractivity contribution in [1.29, 1.82) is 5.26 Å². The summed E-state index contributed by atoms with van der Waals surface area (Å²) in [6.07, 6.45) is -3.37. The molecule has 0 saturated heterocycles. The Hall–Kier alpha value is -2.23. The van der Waals surface area contributed by atoms with Gasteiger partial charge in [0, 0.05) is 5.56 Å². The lowest BCUT2D eigenvalue weighted by molar-refractivity contribution is -0.142. The molecule has 1 aromatic heterocycles. The van der Waals surface area contributed by atoms with E-state index >= 15 is 0 Å². The molecule has 0 atom stereocenters. The van der Waals surface area contributed by atoms with Crippen LogP contribution in [0.5, 0.6) is 5.75 Å². The lowest BCUT2D eigenvalue weighted by atomic mass is 10.1. The molecule has 96 valence electrons. The normalized spacial score (nSPS) is 10.2. The largest absolute Gasteiger partial charge is 0.505 e. The van der Waals surface area contributed by atoms with Gasteiger partial charge in [-0.05, 0) is 13.0 Å². The molecule has 0 amide bonds. The number of aromatic hydroxyl groups is 1. The van der Waals surface area contributed by atoms with Crippen molar-refractivity contribution >= 4 is 5.97 Å². The number of ether oxygens (including phenoxy) is 1. The van der Waals surface area contributed by atoms with Crippen LogP contribution in [0.4, 0.5) is 8.78 Å². The summed E-state index contributed by atoms with van der Waals surface area (Å²) in [4.78, 5) is 14.8. The van der Waals surface area contributed by atoms with Crippen LogP contribution in [0.3, 0.4) is 0 Å². The minimum absolute atomic E-state index is 0.117. The third-order valence-corrected chi connectivity index (χ3v) is 2.07. The van der Waals surface area contributed by atoms with Gasteiger partial charge in [-0.15, -0.1) is 0 Å². The molecule has 0 aliphatic carbocycles. The van der Waals surface area contributed by atoms with E-state index in [2.05, 4.69) is 9.72 Å². The number of carbonyl (C=O) groups excluding carboxylic acids is 1. The van der Waals surface area contributed by atoms with Crippen LogP contribution in [0.25, 0.3) is 0 Å². The van der Waals surface area contributed by atoms with Gasteiger partial charge in [0.15, 0.2) is 11.4 Å². The predicted octanol–water partition coefficient (Wildman–Crippen LogP) is 1.70. The van der Waals surface area contributed by atoms with E-state index < -0.39 is 35.8 Å². The monoisotopic (exact) mass is 256 g/mol. The minimum Gasteiger partial charge on any atom is -0.505 e. The van der Waals surface area contributed by atoms with Gasteiger partial charge < -0.3 is 9.84 Å². The molecule has 5 nitrogen and oxygen atoms in total. The third kappa shape index (κ3) is 3.13. The Morgan fingerprint density at radius 2 is 2.33 bits per heavy atom. The van der Waals surface area contributed by atoms with E-state index in [9.17, 15) is 18.7 Å². The van der Waals surface area contributed by atoms with Crippen LogP contribution < -0.4 is 0 Å². The molecule has 0 aliphatic rings. The van der Waals surface area contributed by atoms with Crippen molar-refractivity contribution in [2.75, 3.05) is 6.61 Å². The molecule has 0 radical (unpaired) electrons. The van der Waals surface area contributed by atoms with Gasteiger partial charge in [0.25, 0.3) is 6.43 Å². The van der Waals surface area contributed by atoms with E-state index in [1.807, 2.05) is 0 Å². The first-order valence-electron chi connectivity index (χ1n) is 5.06. The van der Waals surface area contributed by atoms with Gasteiger partial charge in [-0.2, -0.15) is 5.26 Å². The van der Waals surface area contributed by atoms with Gasteiger partial charge in [-0.3, -0.25) is 4.79 Å². The van der Waals surface area contributed by atoms with Gasteiger partial charge in [0.05, 0.1) is 18.7 Å². The number of esters is 1. The second kappa shape index (κ2) is 5.91. The molecule has 1 aromatic rings. The molecule has 0 aromatic carbocycles. The van der Waals surface area contributed by atoms with Crippen molar-refractivity contribution in [2.45, 2.75) is 19.8 Å². The van der Waals surface area contributed by atoms with Crippen molar-refractivity contribution in [1.82, 2.24) is 4.98 Å². The molecule has 7 heteroatoms. The fraction of sp³-hybridized carbons (Fsp3) is 0.364. The first kappa shape index (κ1) is 13.8. The first-order chi connectivity index (χ1) is 8.49. The molecule has 18 heavy (non-hydrogen) atoms. The number of pyridine rings is 1. The van der Waals surface area contributed by atoms with Crippen molar-refractivity contribution in [3.63, 3.8) is 0 Å². The Balaban J connectivity index is 3.15. The fourth-order valence-electron chi connectivity index (χ4n) is 1.32. The molecule has 0 spiro atoms. The van der Waals surface area contributed by atoms with E-state index in [4.69, 9.17) is 5.26 Å². The van der Waals surface area contributed by atoms with E-state index in [-0.39, 0.29) is 12.3 Å². The summed E-state index contributed by atoms with van der Waals surface area (Å²) in [6, 6.07) is 2.29. The van der Waals surface area contributed by atoms with Gasteiger partial charge in [-0.25, -0.2) is 13.8 Å². The number of aromatic nitrogens is 1. The lowest BCUT2D eigenvalue weighted by Gasteiger charge is -2.09. The van der Waals surface area contributed by atoms with Crippen molar-refractivity contribution in [2.24, 2.45) is 0 Å². The number of rotatable bonds is 4. The van der Waals surface area contributed by atoms with Crippen LogP contribution in [0.1, 0.15) is 30.3 Å². The van der Waals surface area contributed by atoms with Gasteiger partial charge >= 0.3 is 5.97 Å². The number of halogens is 2. The maximum absolute atomic E-state index is 12.7. The third-order valence-electron chi connectivity index (χ3n) is 2.07. The summed E-state index contributed by atoms with van der Waals surface area (Å²) in [5.41, 5.74) is -1.25. The number of alkyl halides is 2. The molecular formula is C11H10F2N2O3. The second-order valence-corrected chi connectivity index (χ2v) is 3.29. The molecule has 1 rings (SSSR count). The van der Waals surface area contributed by atoms with Gasteiger partial charge in [0.1, 0.15) is 6.07 Å². The molecule has 0 fully saturated rings. The number of hydrogen-bond acceptors (Lipinski definition) is 5. The summed E-state index contributed by atoms with van der Waals surface area (Å²) >= 11 is 0. The van der Waals surface area contributed by atoms with Crippen LogP contribution in [0, 0.1) is 11.3 Å². The Bertz CT molecular complexity index is 498. The molecule has 1 heterocycles. The SMILES string of the molecule is CCOC(=O)Cc1nc(C#N)c(O)cc1C(F)F. The quantitative estimate of drug-likeness (QED) is 0.829. The summed E-state index contributed by atoms with van der Waals surface area (Å²) in [5.74, 6) is -1.36. The topological polar surface area (TPSA) is 83.2 Å². The van der Waals surface area contributed by atoms with Crippen LogP contribution in [0.15, 0.2) is 6.07 Å². The van der Waals surface area contributed by atoms with E-state index in [0.717, 1.165) is 6.07 Å². The highest BCUT2D eigenvalue weighted by Gasteiger charge is 2.20. The zero-order chi connectivity index (χ0) is 13.7. The van der Waals surface area contributed by atoms with Crippen LogP contribution in [-0.4, -0.2) is 22.7 Å². The van der Waals surface area contributed by atoms with Gasteiger partial charge in [0.2, 0.25) is 0 Å². The average molecular weight is 256 g/mol. The van der Waals surface area contributed by atoms with Gasteiger partial charge in [-0.1, -0.05) is 0 Å². The molecule has 0 bridgehead atoms. The van der Waals surface area contributed by atoms with E-state index in [1.54, 1.807) is 13.0 Å². The summed E-state index contributed by atoms with van der Waals surface area (Å²) < 4.78 is 30.0. The Labute approximate surface area is 102 Å². The second-order valence-electron chi connectivity index (χ2n) is 3.29. The Kier molecular flexibility index (Phi) is 4.54. The number of hydrogen-bond donors (Lipinski definition) is 1. The fourth-order valence-corrected chi connectivity index (χ4v) is 1.32. The van der Waals surface area contributed by atoms with E-state index in [1.165, 1.54) is 0 Å². The summed E-state index contributed by atoms with van der Waals surface area (Å²) in [6.45, 7) is 1.70. The predicted molar refractivity (Wildman–Crippen MR) is 55.9 cm³/mol. The molecule has 0 unspecified atom stereocenters. The number of carbonyl (C=O) groups is 1. The standard InChI is InChI=1S/C11H10F2N2O3/c1-2-18-10(17)4-7-6(11(12)13)3-9(16)8(5-14)15-7/h3,11,16H,2,4H2,1H3. The molecular weight excluding hydrogens is 246 g/mol. The van der Waals surface area contributed by atoms with Crippen LogP contribution in [0.2, 0.25) is 0 Å². The number of nitrogens with zero attached hydrogens (tertiary/aromatic N) is 2. The minimum atomic E-state index is -2.90. The van der Waals surface area contributed by atoms with Crippen LogP contribution >= 0.6 is 0 Å². The number of nitriles is 1. The Morgan fingerprint density at radius 1 is 1.67 bits per heavy atom. The maximum Gasteiger partial charge on any atom is 0.311 e. The summed E-state index contributed by atoms with van der Waals surface area (Å²) in [5, 5.41) is 17.9. The molecule has 0 aliphatic heterocycles. The van der Waals surface area contributed by atoms with E-state index in [0.29, 0.717) is 0 Å². The Morgan fingerprint density at radius 3 is 2.83 bits per heavy atom. The smallest absolute Gasteiger partial charge is 0.311 e. The average Bonchev–Trinajstić information content (AvgIpc) is 2.30. The zero-order valence-electron chi connectivity index (χ0n) is 9.48. The zero-order valence-corrected chi connectivity index (χ0v) is 9.48. The maximum atomic E-state index is 12.7. The molecule has 0 saturated carbocycles. The van der Waals surface area contributed by atoms with Crippen molar-refractivity contribution < 1.29 is 23.4 Å². The highest BCUT2D eigenvalue weighted by molar-refractivity contribution is 5.72.